The molecule has 0 saturated heterocycles. The van der Waals surface area contributed by atoms with Crippen LogP contribution in [0.3, 0.4) is 0 Å². The lowest BCUT2D eigenvalue weighted by Crippen LogP contribution is -2.27. The Kier molecular flexibility index (Phi) is 5.28. The number of aryl methyl sites for hydroxylation is 1. The second kappa shape index (κ2) is 6.50. The van der Waals surface area contributed by atoms with E-state index in [1.807, 2.05) is 0 Å². The lowest BCUT2D eigenvalue weighted by molar-refractivity contribution is 0.0923. The van der Waals surface area contributed by atoms with E-state index < -0.39 is 0 Å². The standard InChI is InChI=1S/C10H15ClN2O3/c1-7-9(16-6-13-7)10(14)12-4-3-8(11)5-15-2/h6,8H,3-5H2,1-2H3,(H,12,14). The number of methoxy groups -OCH3 is 1. The van der Waals surface area contributed by atoms with Gasteiger partial charge in [0.15, 0.2) is 6.39 Å². The monoisotopic (exact) mass is 246 g/mol. The van der Waals surface area contributed by atoms with Crippen molar-refractivity contribution < 1.29 is 13.9 Å². The van der Waals surface area contributed by atoms with Gasteiger partial charge in [-0.05, 0) is 13.3 Å². The van der Waals surface area contributed by atoms with Gasteiger partial charge in [0.05, 0.1) is 17.7 Å². The number of ether oxygens (including phenoxy) is 1. The van der Waals surface area contributed by atoms with E-state index in [4.69, 9.17) is 20.8 Å². The van der Waals surface area contributed by atoms with Crippen LogP contribution in [-0.2, 0) is 4.74 Å². The zero-order valence-electron chi connectivity index (χ0n) is 9.33. The predicted molar refractivity (Wildman–Crippen MR) is 59.7 cm³/mol. The summed E-state index contributed by atoms with van der Waals surface area (Å²) in [6.45, 7) is 2.67. The average molecular weight is 247 g/mol. The van der Waals surface area contributed by atoms with E-state index in [9.17, 15) is 4.79 Å². The Morgan fingerprint density at radius 2 is 2.50 bits per heavy atom. The molecule has 0 aliphatic heterocycles. The third-order valence-electron chi connectivity index (χ3n) is 2.04. The van der Waals surface area contributed by atoms with Gasteiger partial charge >= 0.3 is 0 Å². The molecule has 1 aromatic rings. The third-order valence-corrected chi connectivity index (χ3v) is 2.39. The van der Waals surface area contributed by atoms with E-state index in [1.165, 1.54) is 6.39 Å². The first-order valence-electron chi connectivity index (χ1n) is 4.96. The molecule has 0 fully saturated rings. The largest absolute Gasteiger partial charge is 0.438 e. The molecule has 1 aromatic heterocycles. The molecule has 0 spiro atoms. The van der Waals surface area contributed by atoms with Crippen LogP contribution in [-0.4, -0.2) is 36.5 Å². The van der Waals surface area contributed by atoms with E-state index >= 15 is 0 Å². The summed E-state index contributed by atoms with van der Waals surface area (Å²) in [5.74, 6) is -0.0193. The molecule has 90 valence electrons. The smallest absolute Gasteiger partial charge is 0.288 e. The minimum absolute atomic E-state index is 0.0962. The Morgan fingerprint density at radius 1 is 1.75 bits per heavy atom. The van der Waals surface area contributed by atoms with Gasteiger partial charge in [0.1, 0.15) is 0 Å². The van der Waals surface area contributed by atoms with Gasteiger partial charge in [0.2, 0.25) is 5.76 Å². The van der Waals surface area contributed by atoms with Crippen LogP contribution in [0, 0.1) is 6.92 Å². The van der Waals surface area contributed by atoms with Crippen molar-refractivity contribution in [3.05, 3.63) is 17.8 Å². The van der Waals surface area contributed by atoms with Crippen molar-refractivity contribution in [2.45, 2.75) is 18.7 Å². The summed E-state index contributed by atoms with van der Waals surface area (Å²) in [4.78, 5) is 15.4. The number of carbonyl (C=O) groups is 1. The molecule has 0 aliphatic rings. The molecule has 0 saturated carbocycles. The van der Waals surface area contributed by atoms with Crippen LogP contribution < -0.4 is 5.32 Å². The second-order valence-corrected chi connectivity index (χ2v) is 3.98. The molecule has 0 aromatic carbocycles. The predicted octanol–water partition coefficient (Wildman–Crippen LogP) is 1.36. The van der Waals surface area contributed by atoms with Gasteiger partial charge in [-0.3, -0.25) is 4.79 Å². The van der Waals surface area contributed by atoms with E-state index in [1.54, 1.807) is 14.0 Å². The third kappa shape index (κ3) is 3.83. The fourth-order valence-electron chi connectivity index (χ4n) is 1.21. The molecule has 1 amide bonds. The van der Waals surface area contributed by atoms with E-state index in [0.717, 1.165) is 0 Å². The minimum Gasteiger partial charge on any atom is -0.438 e. The lowest BCUT2D eigenvalue weighted by Gasteiger charge is -2.08. The van der Waals surface area contributed by atoms with Crippen LogP contribution >= 0.6 is 11.6 Å². The SMILES string of the molecule is COCC(Cl)CCNC(=O)c1ocnc1C. The number of alkyl halides is 1. The molecule has 0 aliphatic carbocycles. The van der Waals surface area contributed by atoms with Gasteiger partial charge in [0, 0.05) is 13.7 Å². The molecular formula is C10H15ClN2O3. The highest BCUT2D eigenvalue weighted by Crippen LogP contribution is 2.05. The zero-order chi connectivity index (χ0) is 12.0. The van der Waals surface area contributed by atoms with Crippen LogP contribution in [0.1, 0.15) is 22.7 Å². The lowest BCUT2D eigenvalue weighted by atomic mass is 10.3. The maximum atomic E-state index is 11.5. The van der Waals surface area contributed by atoms with Gasteiger partial charge in [0.25, 0.3) is 5.91 Å². The summed E-state index contributed by atoms with van der Waals surface area (Å²) in [5.41, 5.74) is 0.580. The molecule has 6 heteroatoms. The van der Waals surface area contributed by atoms with E-state index in [0.29, 0.717) is 25.3 Å². The Hall–Kier alpha value is -1.07. The zero-order valence-corrected chi connectivity index (χ0v) is 10.1. The second-order valence-electron chi connectivity index (χ2n) is 3.36. The summed E-state index contributed by atoms with van der Waals surface area (Å²) < 4.78 is 9.83. The summed E-state index contributed by atoms with van der Waals surface area (Å²) in [5, 5.41) is 2.61. The summed E-state index contributed by atoms with van der Waals surface area (Å²) in [7, 11) is 1.59. The number of amides is 1. The normalized spacial score (nSPS) is 12.4. The number of halogens is 1. The Bertz CT molecular complexity index is 341. The molecule has 0 bridgehead atoms. The van der Waals surface area contributed by atoms with Gasteiger partial charge < -0.3 is 14.5 Å². The highest BCUT2D eigenvalue weighted by Gasteiger charge is 2.13. The number of rotatable bonds is 6. The number of hydrogen-bond donors (Lipinski definition) is 1. The van der Waals surface area contributed by atoms with Crippen LogP contribution in [0.5, 0.6) is 0 Å². The maximum Gasteiger partial charge on any atom is 0.288 e. The minimum atomic E-state index is -0.267. The van der Waals surface area contributed by atoms with Crippen LogP contribution in [0.15, 0.2) is 10.8 Å². The Labute approximate surface area is 99.1 Å². The van der Waals surface area contributed by atoms with Crippen molar-refractivity contribution in [3.63, 3.8) is 0 Å². The summed E-state index contributed by atoms with van der Waals surface area (Å²) in [6, 6.07) is 0. The molecule has 1 atom stereocenters. The number of oxazole rings is 1. The van der Waals surface area contributed by atoms with Crippen molar-refractivity contribution in [1.82, 2.24) is 10.3 Å². The van der Waals surface area contributed by atoms with Gasteiger partial charge in [-0.25, -0.2) is 4.98 Å². The first-order chi connectivity index (χ1) is 7.65. The molecule has 16 heavy (non-hydrogen) atoms. The van der Waals surface area contributed by atoms with Crippen molar-refractivity contribution in [3.8, 4) is 0 Å². The molecule has 5 nitrogen and oxygen atoms in total. The van der Waals surface area contributed by atoms with Crippen molar-refractivity contribution in [2.75, 3.05) is 20.3 Å². The fraction of sp³-hybridized carbons (Fsp3) is 0.600. The van der Waals surface area contributed by atoms with Crippen molar-refractivity contribution >= 4 is 17.5 Å². The average Bonchev–Trinajstić information content (AvgIpc) is 2.64. The Balaban J connectivity index is 2.29. The fourth-order valence-corrected chi connectivity index (χ4v) is 1.44. The highest BCUT2D eigenvalue weighted by atomic mass is 35.5. The molecule has 0 radical (unpaired) electrons. The maximum absolute atomic E-state index is 11.5. The topological polar surface area (TPSA) is 64.4 Å². The molecule has 1 rings (SSSR count). The molecule has 1 unspecified atom stereocenters. The van der Waals surface area contributed by atoms with Crippen LogP contribution in [0.25, 0.3) is 0 Å². The number of hydrogen-bond acceptors (Lipinski definition) is 4. The molecular weight excluding hydrogens is 232 g/mol. The Morgan fingerprint density at radius 3 is 3.06 bits per heavy atom. The van der Waals surface area contributed by atoms with Gasteiger partial charge in [-0.1, -0.05) is 0 Å². The number of carbonyl (C=O) groups excluding carboxylic acids is 1. The number of aromatic nitrogens is 1. The van der Waals surface area contributed by atoms with Gasteiger partial charge in [-0.15, -0.1) is 11.6 Å². The molecule has 1 N–H and O–H groups in total. The molecule has 1 heterocycles. The first-order valence-corrected chi connectivity index (χ1v) is 5.40. The first kappa shape index (κ1) is 13.0. The van der Waals surface area contributed by atoms with Crippen LogP contribution in [0.4, 0.5) is 0 Å². The highest BCUT2D eigenvalue weighted by molar-refractivity contribution is 6.20. The summed E-state index contributed by atoms with van der Waals surface area (Å²) in [6.07, 6.45) is 1.90. The van der Waals surface area contributed by atoms with E-state index in [-0.39, 0.29) is 17.0 Å². The number of nitrogens with one attached hydrogen (secondary N) is 1. The van der Waals surface area contributed by atoms with Crippen molar-refractivity contribution in [2.24, 2.45) is 0 Å². The van der Waals surface area contributed by atoms with E-state index in [2.05, 4.69) is 10.3 Å². The quantitative estimate of drug-likeness (QED) is 0.770. The van der Waals surface area contributed by atoms with Gasteiger partial charge in [-0.2, -0.15) is 0 Å². The van der Waals surface area contributed by atoms with Crippen LogP contribution in [0.2, 0.25) is 0 Å². The number of nitrogens with zero attached hydrogens (tertiary/aromatic N) is 1. The van der Waals surface area contributed by atoms with Crippen molar-refractivity contribution in [1.29, 1.82) is 0 Å². The summed E-state index contributed by atoms with van der Waals surface area (Å²) >= 11 is 5.91.